The van der Waals surface area contributed by atoms with E-state index in [9.17, 15) is 4.39 Å². The molecule has 0 saturated carbocycles. The molecule has 0 saturated heterocycles. The van der Waals surface area contributed by atoms with Gasteiger partial charge in [-0.15, -0.1) is 0 Å². The minimum atomic E-state index is -0.403. The zero-order valence-electron chi connectivity index (χ0n) is 8.65. The summed E-state index contributed by atoms with van der Waals surface area (Å²) in [6.07, 6.45) is 3.43. The first-order chi connectivity index (χ1) is 7.77. The number of aromatic nitrogens is 1. The van der Waals surface area contributed by atoms with Gasteiger partial charge in [-0.05, 0) is 29.8 Å². The minimum absolute atomic E-state index is 0.150. The molecule has 4 heteroatoms. The van der Waals surface area contributed by atoms with Crippen molar-refractivity contribution in [2.75, 3.05) is 11.1 Å². The highest BCUT2D eigenvalue weighted by Crippen LogP contribution is 2.21. The number of nitrogens with zero attached hydrogens (tertiary/aromatic N) is 1. The molecular formula is C12H12FN3. The molecule has 0 bridgehead atoms. The fourth-order valence-corrected chi connectivity index (χ4v) is 1.39. The first-order valence-corrected chi connectivity index (χ1v) is 4.94. The summed E-state index contributed by atoms with van der Waals surface area (Å²) in [5.41, 5.74) is 7.42. The van der Waals surface area contributed by atoms with Crippen LogP contribution in [0.5, 0.6) is 0 Å². The van der Waals surface area contributed by atoms with E-state index >= 15 is 0 Å². The molecule has 0 atom stereocenters. The van der Waals surface area contributed by atoms with Crippen LogP contribution in [-0.2, 0) is 6.54 Å². The van der Waals surface area contributed by atoms with Crippen LogP contribution < -0.4 is 11.1 Å². The van der Waals surface area contributed by atoms with Gasteiger partial charge in [-0.3, -0.25) is 4.98 Å². The van der Waals surface area contributed by atoms with E-state index in [-0.39, 0.29) is 5.69 Å². The molecule has 82 valence electrons. The van der Waals surface area contributed by atoms with Crippen molar-refractivity contribution in [3.63, 3.8) is 0 Å². The van der Waals surface area contributed by atoms with Gasteiger partial charge in [0.25, 0.3) is 0 Å². The van der Waals surface area contributed by atoms with Crippen LogP contribution in [0, 0.1) is 5.82 Å². The number of nitrogens with two attached hydrogens (primary N) is 1. The molecule has 1 heterocycles. The first-order valence-electron chi connectivity index (χ1n) is 4.94. The standard InChI is InChI=1S/C12H12FN3/c13-10-2-1-3-11(12(10)14)16-8-9-4-6-15-7-5-9/h1-7,16H,8,14H2. The molecule has 3 N–H and O–H groups in total. The summed E-state index contributed by atoms with van der Waals surface area (Å²) in [5.74, 6) is -0.403. The van der Waals surface area contributed by atoms with Crippen molar-refractivity contribution in [1.29, 1.82) is 0 Å². The second-order valence-electron chi connectivity index (χ2n) is 3.41. The van der Waals surface area contributed by atoms with Gasteiger partial charge in [-0.2, -0.15) is 0 Å². The summed E-state index contributed by atoms with van der Waals surface area (Å²) >= 11 is 0. The van der Waals surface area contributed by atoms with E-state index in [2.05, 4.69) is 10.3 Å². The third kappa shape index (κ3) is 2.28. The van der Waals surface area contributed by atoms with Crippen molar-refractivity contribution in [1.82, 2.24) is 4.98 Å². The van der Waals surface area contributed by atoms with E-state index in [1.807, 2.05) is 12.1 Å². The molecule has 2 rings (SSSR count). The van der Waals surface area contributed by atoms with Crippen LogP contribution in [0.4, 0.5) is 15.8 Å². The lowest BCUT2D eigenvalue weighted by Gasteiger charge is -2.09. The van der Waals surface area contributed by atoms with Crippen molar-refractivity contribution in [2.45, 2.75) is 6.54 Å². The lowest BCUT2D eigenvalue weighted by atomic mass is 10.2. The van der Waals surface area contributed by atoms with E-state index in [1.165, 1.54) is 6.07 Å². The molecule has 1 aromatic carbocycles. The second-order valence-corrected chi connectivity index (χ2v) is 3.41. The average Bonchev–Trinajstić information content (AvgIpc) is 2.32. The highest BCUT2D eigenvalue weighted by molar-refractivity contribution is 5.66. The zero-order valence-corrected chi connectivity index (χ0v) is 8.65. The molecular weight excluding hydrogens is 205 g/mol. The first kappa shape index (κ1) is 10.4. The van der Waals surface area contributed by atoms with E-state index < -0.39 is 5.82 Å². The molecule has 0 aliphatic carbocycles. The highest BCUT2D eigenvalue weighted by atomic mass is 19.1. The number of nitrogen functional groups attached to an aromatic ring is 1. The predicted octanol–water partition coefficient (Wildman–Crippen LogP) is 2.42. The maximum atomic E-state index is 13.1. The molecule has 0 radical (unpaired) electrons. The van der Waals surface area contributed by atoms with E-state index in [0.717, 1.165) is 5.56 Å². The fourth-order valence-electron chi connectivity index (χ4n) is 1.39. The number of benzene rings is 1. The molecule has 16 heavy (non-hydrogen) atoms. The summed E-state index contributed by atoms with van der Waals surface area (Å²) in [5, 5.41) is 3.08. The lowest BCUT2D eigenvalue weighted by Crippen LogP contribution is -2.03. The van der Waals surface area contributed by atoms with Gasteiger partial charge in [0.05, 0.1) is 11.4 Å². The Morgan fingerprint density at radius 2 is 1.94 bits per heavy atom. The van der Waals surface area contributed by atoms with Crippen molar-refractivity contribution < 1.29 is 4.39 Å². The summed E-state index contributed by atoms with van der Waals surface area (Å²) in [6.45, 7) is 0.593. The van der Waals surface area contributed by atoms with Crippen LogP contribution in [0.1, 0.15) is 5.56 Å². The van der Waals surface area contributed by atoms with Crippen molar-refractivity contribution in [3.05, 3.63) is 54.1 Å². The van der Waals surface area contributed by atoms with Gasteiger partial charge in [0.1, 0.15) is 5.82 Å². The van der Waals surface area contributed by atoms with Gasteiger partial charge in [0, 0.05) is 18.9 Å². The third-order valence-corrected chi connectivity index (χ3v) is 2.29. The van der Waals surface area contributed by atoms with Gasteiger partial charge >= 0.3 is 0 Å². The zero-order chi connectivity index (χ0) is 11.4. The van der Waals surface area contributed by atoms with E-state index in [0.29, 0.717) is 12.2 Å². The van der Waals surface area contributed by atoms with Gasteiger partial charge in [0.2, 0.25) is 0 Å². The Kier molecular flexibility index (Phi) is 3.00. The Morgan fingerprint density at radius 1 is 1.19 bits per heavy atom. The largest absolute Gasteiger partial charge is 0.395 e. The molecule has 2 aromatic rings. The maximum Gasteiger partial charge on any atom is 0.148 e. The van der Waals surface area contributed by atoms with Crippen LogP contribution >= 0.6 is 0 Å². The quantitative estimate of drug-likeness (QED) is 0.776. The monoisotopic (exact) mass is 217 g/mol. The SMILES string of the molecule is Nc1c(F)cccc1NCc1ccncc1. The summed E-state index contributed by atoms with van der Waals surface area (Å²) in [6, 6.07) is 8.50. The molecule has 0 aliphatic heterocycles. The number of hydrogen-bond donors (Lipinski definition) is 2. The normalized spacial score (nSPS) is 10.1. The van der Waals surface area contributed by atoms with Gasteiger partial charge in [-0.1, -0.05) is 6.07 Å². The van der Waals surface area contributed by atoms with Gasteiger partial charge in [-0.25, -0.2) is 4.39 Å². The second kappa shape index (κ2) is 4.61. The van der Waals surface area contributed by atoms with Gasteiger partial charge < -0.3 is 11.1 Å². The maximum absolute atomic E-state index is 13.1. The Labute approximate surface area is 93.1 Å². The van der Waals surface area contributed by atoms with Crippen LogP contribution in [0.2, 0.25) is 0 Å². The number of halogens is 1. The number of rotatable bonds is 3. The highest BCUT2D eigenvalue weighted by Gasteiger charge is 2.03. The topological polar surface area (TPSA) is 50.9 Å². The Morgan fingerprint density at radius 3 is 2.69 bits per heavy atom. The summed E-state index contributed by atoms with van der Waals surface area (Å²) in [7, 11) is 0. The predicted molar refractivity (Wildman–Crippen MR) is 62.4 cm³/mol. The number of anilines is 2. The van der Waals surface area contributed by atoms with E-state index in [4.69, 9.17) is 5.73 Å². The van der Waals surface area contributed by atoms with Crippen molar-refractivity contribution in [3.8, 4) is 0 Å². The molecule has 0 fully saturated rings. The fraction of sp³-hybridized carbons (Fsp3) is 0.0833. The molecule has 0 amide bonds. The van der Waals surface area contributed by atoms with Crippen molar-refractivity contribution in [2.24, 2.45) is 0 Å². The average molecular weight is 217 g/mol. The Hall–Kier alpha value is -2.10. The molecule has 1 aromatic heterocycles. The number of para-hydroxylation sites is 1. The van der Waals surface area contributed by atoms with Crippen LogP contribution in [0.25, 0.3) is 0 Å². The van der Waals surface area contributed by atoms with Gasteiger partial charge in [0.15, 0.2) is 0 Å². The van der Waals surface area contributed by atoms with Crippen LogP contribution in [-0.4, -0.2) is 4.98 Å². The smallest absolute Gasteiger partial charge is 0.148 e. The number of nitrogens with one attached hydrogen (secondary N) is 1. The summed E-state index contributed by atoms with van der Waals surface area (Å²) < 4.78 is 13.1. The van der Waals surface area contributed by atoms with Crippen molar-refractivity contribution >= 4 is 11.4 Å². The number of pyridine rings is 1. The molecule has 0 unspecified atom stereocenters. The van der Waals surface area contributed by atoms with Crippen LogP contribution in [0.15, 0.2) is 42.7 Å². The van der Waals surface area contributed by atoms with Crippen LogP contribution in [0.3, 0.4) is 0 Å². The molecule has 0 spiro atoms. The lowest BCUT2D eigenvalue weighted by molar-refractivity contribution is 0.633. The summed E-state index contributed by atoms with van der Waals surface area (Å²) in [4.78, 5) is 3.92. The number of hydrogen-bond acceptors (Lipinski definition) is 3. The van der Waals surface area contributed by atoms with E-state index in [1.54, 1.807) is 24.5 Å². The minimum Gasteiger partial charge on any atom is -0.395 e. The Balaban J connectivity index is 2.08. The Bertz CT molecular complexity index is 471. The molecule has 0 aliphatic rings. The molecule has 3 nitrogen and oxygen atoms in total. The third-order valence-electron chi connectivity index (χ3n) is 2.29.